The fourth-order valence-electron chi connectivity index (χ4n) is 1.61. The minimum atomic E-state index is -0.200. The lowest BCUT2D eigenvalue weighted by Crippen LogP contribution is -1.83. The molecule has 0 aliphatic carbocycles. The Labute approximate surface area is 124 Å². The van der Waals surface area contributed by atoms with E-state index < -0.39 is 0 Å². The third-order valence-corrected chi connectivity index (χ3v) is 3.31. The van der Waals surface area contributed by atoms with Gasteiger partial charge in [-0.15, -0.1) is 0 Å². The predicted molar refractivity (Wildman–Crippen MR) is 82.4 cm³/mol. The molecule has 19 heavy (non-hydrogen) atoms. The first-order chi connectivity index (χ1) is 9.10. The first kappa shape index (κ1) is 13.4. The van der Waals surface area contributed by atoms with Gasteiger partial charge in [-0.25, -0.2) is 0 Å². The molecule has 0 aliphatic rings. The van der Waals surface area contributed by atoms with E-state index in [1.807, 2.05) is 24.3 Å². The number of nitriles is 1. The number of aromatic hydroxyl groups is 2. The summed E-state index contributed by atoms with van der Waals surface area (Å²) in [7, 11) is 0. The van der Waals surface area contributed by atoms with Crippen LogP contribution < -0.4 is 0 Å². The van der Waals surface area contributed by atoms with Gasteiger partial charge in [0, 0.05) is 3.57 Å². The first-order valence-electron chi connectivity index (χ1n) is 5.50. The van der Waals surface area contributed by atoms with Gasteiger partial charge >= 0.3 is 0 Å². The third-order valence-electron chi connectivity index (χ3n) is 2.59. The maximum Gasteiger partial charge on any atom is 0.157 e. The van der Waals surface area contributed by atoms with Crippen LogP contribution in [0.15, 0.2) is 42.5 Å². The highest BCUT2D eigenvalue weighted by atomic mass is 127. The summed E-state index contributed by atoms with van der Waals surface area (Å²) in [5.74, 6) is -0.376. The van der Waals surface area contributed by atoms with Gasteiger partial charge in [0.25, 0.3) is 0 Å². The van der Waals surface area contributed by atoms with Crippen LogP contribution in [-0.2, 0) is 0 Å². The van der Waals surface area contributed by atoms with Crippen molar-refractivity contribution in [3.05, 3.63) is 57.2 Å². The number of allylic oxidation sites excluding steroid dienone is 1. The molecule has 0 unspecified atom stereocenters. The van der Waals surface area contributed by atoms with Gasteiger partial charge in [0.05, 0.1) is 11.6 Å². The standard InChI is InChI=1S/C15H10INO2/c16-13-4-2-11(3-5-13)12(9-17)7-10-1-6-14(18)15(19)8-10/h1-8,18-19H/b12-7+. The van der Waals surface area contributed by atoms with Gasteiger partial charge in [-0.05, 0) is 64.1 Å². The quantitative estimate of drug-likeness (QED) is 0.370. The normalized spacial score (nSPS) is 11.1. The predicted octanol–water partition coefficient (Wildman–Crippen LogP) is 3.77. The number of phenols is 2. The van der Waals surface area contributed by atoms with Crippen molar-refractivity contribution in [2.45, 2.75) is 0 Å². The molecule has 2 rings (SSSR count). The average Bonchev–Trinajstić information content (AvgIpc) is 2.41. The SMILES string of the molecule is N#C/C(=C\c1ccc(O)c(O)c1)c1ccc(I)cc1. The molecule has 0 saturated carbocycles. The minimum absolute atomic E-state index is 0.176. The van der Waals surface area contributed by atoms with Gasteiger partial charge < -0.3 is 10.2 Å². The molecular weight excluding hydrogens is 353 g/mol. The first-order valence-corrected chi connectivity index (χ1v) is 6.58. The van der Waals surface area contributed by atoms with Gasteiger partial charge in [-0.2, -0.15) is 5.26 Å². The van der Waals surface area contributed by atoms with Crippen molar-refractivity contribution in [3.63, 3.8) is 0 Å². The van der Waals surface area contributed by atoms with Crippen LogP contribution in [0.1, 0.15) is 11.1 Å². The summed E-state index contributed by atoms with van der Waals surface area (Å²) >= 11 is 2.20. The molecule has 2 aromatic rings. The van der Waals surface area contributed by atoms with Crippen molar-refractivity contribution < 1.29 is 10.2 Å². The lowest BCUT2D eigenvalue weighted by Gasteiger charge is -2.02. The van der Waals surface area contributed by atoms with E-state index >= 15 is 0 Å². The van der Waals surface area contributed by atoms with E-state index in [-0.39, 0.29) is 11.5 Å². The van der Waals surface area contributed by atoms with Gasteiger partial charge in [-0.1, -0.05) is 18.2 Å². The van der Waals surface area contributed by atoms with E-state index in [2.05, 4.69) is 28.7 Å². The topological polar surface area (TPSA) is 64.2 Å². The van der Waals surface area contributed by atoms with E-state index in [1.54, 1.807) is 12.1 Å². The van der Waals surface area contributed by atoms with Crippen LogP contribution in [0, 0.1) is 14.9 Å². The summed E-state index contributed by atoms with van der Waals surface area (Å²) in [6.07, 6.45) is 1.67. The fraction of sp³-hybridized carbons (Fsp3) is 0. The summed E-state index contributed by atoms with van der Waals surface area (Å²) in [4.78, 5) is 0. The molecule has 4 heteroatoms. The molecule has 0 radical (unpaired) electrons. The molecule has 0 bridgehead atoms. The van der Waals surface area contributed by atoms with Crippen molar-refractivity contribution in [1.82, 2.24) is 0 Å². The smallest absolute Gasteiger partial charge is 0.157 e. The van der Waals surface area contributed by atoms with Crippen molar-refractivity contribution in [2.75, 3.05) is 0 Å². The molecule has 0 aromatic heterocycles. The zero-order valence-corrected chi connectivity index (χ0v) is 12.0. The Balaban J connectivity index is 2.41. The lowest BCUT2D eigenvalue weighted by molar-refractivity contribution is 0.403. The van der Waals surface area contributed by atoms with Crippen LogP contribution >= 0.6 is 22.6 Å². The van der Waals surface area contributed by atoms with E-state index in [4.69, 9.17) is 0 Å². The second-order valence-corrected chi connectivity index (χ2v) is 5.17. The second-order valence-electron chi connectivity index (χ2n) is 3.92. The lowest BCUT2D eigenvalue weighted by atomic mass is 10.0. The molecule has 2 aromatic carbocycles. The van der Waals surface area contributed by atoms with Crippen LogP contribution in [-0.4, -0.2) is 10.2 Å². The largest absolute Gasteiger partial charge is 0.504 e. The number of nitrogens with zero attached hydrogens (tertiary/aromatic N) is 1. The molecule has 0 amide bonds. The average molecular weight is 363 g/mol. The molecule has 0 saturated heterocycles. The van der Waals surface area contributed by atoms with Gasteiger partial charge in [0.2, 0.25) is 0 Å². The monoisotopic (exact) mass is 363 g/mol. The molecule has 0 heterocycles. The summed E-state index contributed by atoms with van der Waals surface area (Å²) in [6, 6.07) is 14.2. The molecule has 0 aliphatic heterocycles. The Morgan fingerprint density at radius 2 is 1.74 bits per heavy atom. The highest BCUT2D eigenvalue weighted by Crippen LogP contribution is 2.27. The number of hydrogen-bond donors (Lipinski definition) is 2. The molecule has 94 valence electrons. The zero-order valence-electron chi connectivity index (χ0n) is 9.84. The minimum Gasteiger partial charge on any atom is -0.504 e. The van der Waals surface area contributed by atoms with Crippen LogP contribution in [0.3, 0.4) is 0 Å². The fourth-order valence-corrected chi connectivity index (χ4v) is 1.97. The molecule has 3 nitrogen and oxygen atoms in total. The zero-order chi connectivity index (χ0) is 13.8. The molecule has 0 atom stereocenters. The maximum atomic E-state index is 9.43. The number of halogens is 1. The Bertz CT molecular complexity index is 670. The van der Waals surface area contributed by atoms with Crippen LogP contribution in [0.25, 0.3) is 11.6 Å². The van der Waals surface area contributed by atoms with Gasteiger partial charge in [0.15, 0.2) is 11.5 Å². The van der Waals surface area contributed by atoms with Crippen molar-refractivity contribution in [2.24, 2.45) is 0 Å². The number of benzene rings is 2. The highest BCUT2D eigenvalue weighted by Gasteiger charge is 2.03. The molecule has 0 fully saturated rings. The molecule has 0 spiro atoms. The van der Waals surface area contributed by atoms with Crippen LogP contribution in [0.4, 0.5) is 0 Å². The van der Waals surface area contributed by atoms with E-state index in [1.165, 1.54) is 12.1 Å². The van der Waals surface area contributed by atoms with Crippen molar-refractivity contribution in [3.8, 4) is 17.6 Å². The number of rotatable bonds is 2. The number of hydrogen-bond acceptors (Lipinski definition) is 3. The Morgan fingerprint density at radius 1 is 1.05 bits per heavy atom. The molecular formula is C15H10INO2. The van der Waals surface area contributed by atoms with Crippen molar-refractivity contribution in [1.29, 1.82) is 5.26 Å². The van der Waals surface area contributed by atoms with Crippen LogP contribution in [0.5, 0.6) is 11.5 Å². The Morgan fingerprint density at radius 3 is 2.32 bits per heavy atom. The van der Waals surface area contributed by atoms with Gasteiger partial charge in [0.1, 0.15) is 0 Å². The Hall–Kier alpha value is -2.00. The van der Waals surface area contributed by atoms with E-state index in [0.717, 1.165) is 9.13 Å². The summed E-state index contributed by atoms with van der Waals surface area (Å²) in [6.45, 7) is 0. The maximum absolute atomic E-state index is 9.43. The summed E-state index contributed by atoms with van der Waals surface area (Å²) < 4.78 is 1.10. The molecule has 2 N–H and O–H groups in total. The van der Waals surface area contributed by atoms with Crippen LogP contribution in [0.2, 0.25) is 0 Å². The Kier molecular flexibility index (Phi) is 4.07. The van der Waals surface area contributed by atoms with Gasteiger partial charge in [-0.3, -0.25) is 0 Å². The van der Waals surface area contributed by atoms with Crippen molar-refractivity contribution >= 4 is 34.2 Å². The highest BCUT2D eigenvalue weighted by molar-refractivity contribution is 14.1. The number of phenolic OH excluding ortho intramolecular Hbond substituents is 2. The summed E-state index contributed by atoms with van der Waals surface area (Å²) in [5.41, 5.74) is 1.97. The van der Waals surface area contributed by atoms with E-state index in [9.17, 15) is 15.5 Å². The summed E-state index contributed by atoms with van der Waals surface area (Å²) in [5, 5.41) is 27.9. The van der Waals surface area contributed by atoms with E-state index in [0.29, 0.717) is 11.1 Å². The second kappa shape index (κ2) is 5.76. The third kappa shape index (κ3) is 3.26.